The van der Waals surface area contributed by atoms with Crippen molar-refractivity contribution in [3.63, 3.8) is 0 Å². The van der Waals surface area contributed by atoms with E-state index in [0.29, 0.717) is 37.0 Å². The number of aryl methyl sites for hydroxylation is 2. The minimum Gasteiger partial charge on any atom is -0.441 e. The van der Waals surface area contributed by atoms with Crippen LogP contribution in [0.3, 0.4) is 0 Å². The monoisotopic (exact) mass is 314 g/mol. The van der Waals surface area contributed by atoms with Gasteiger partial charge in [0.1, 0.15) is 5.76 Å². The number of ether oxygens (including phenoxy) is 1. The maximum Gasteiger partial charge on any atom is 0.228 e. The van der Waals surface area contributed by atoms with Gasteiger partial charge in [-0.1, -0.05) is 17.7 Å². The molecule has 0 radical (unpaired) electrons. The van der Waals surface area contributed by atoms with E-state index in [1.54, 1.807) is 0 Å². The predicted molar refractivity (Wildman–Crippen MR) is 87.1 cm³/mol. The fourth-order valence-electron chi connectivity index (χ4n) is 2.71. The average Bonchev–Trinajstić information content (AvgIpc) is 2.89. The van der Waals surface area contributed by atoms with Gasteiger partial charge in [0.05, 0.1) is 24.8 Å². The fourth-order valence-corrected chi connectivity index (χ4v) is 2.71. The van der Waals surface area contributed by atoms with Gasteiger partial charge in [-0.3, -0.25) is 4.79 Å². The molecule has 0 bridgehead atoms. The number of hydrogen-bond donors (Lipinski definition) is 0. The number of hydrogen-bond acceptors (Lipinski definition) is 4. The molecule has 1 aliphatic heterocycles. The number of nitrogens with zero attached hydrogens (tertiary/aromatic N) is 2. The van der Waals surface area contributed by atoms with E-state index < -0.39 is 0 Å². The Kier molecular flexibility index (Phi) is 4.48. The standard InChI is InChI=1S/C18H22N2O3/c1-12-4-6-15(7-5-12)18-19-16(14(3)23-18)10-17(21)20-8-9-22-13(2)11-20/h4-7,13H,8-11H2,1-3H3. The quantitative estimate of drug-likeness (QED) is 0.874. The summed E-state index contributed by atoms with van der Waals surface area (Å²) in [7, 11) is 0. The lowest BCUT2D eigenvalue weighted by Crippen LogP contribution is -2.45. The minimum absolute atomic E-state index is 0.0759. The first-order valence-corrected chi connectivity index (χ1v) is 7.95. The van der Waals surface area contributed by atoms with E-state index in [0.717, 1.165) is 5.56 Å². The molecule has 0 saturated carbocycles. The first-order valence-electron chi connectivity index (χ1n) is 7.95. The third-order valence-corrected chi connectivity index (χ3v) is 4.10. The zero-order chi connectivity index (χ0) is 16.4. The van der Waals surface area contributed by atoms with Crippen molar-refractivity contribution in [3.05, 3.63) is 41.3 Å². The molecule has 3 rings (SSSR count). The maximum absolute atomic E-state index is 12.4. The van der Waals surface area contributed by atoms with Crippen molar-refractivity contribution < 1.29 is 13.9 Å². The van der Waals surface area contributed by atoms with Crippen LogP contribution in [0.1, 0.15) is 23.9 Å². The second-order valence-electron chi connectivity index (χ2n) is 6.09. The average molecular weight is 314 g/mol. The van der Waals surface area contributed by atoms with E-state index in [-0.39, 0.29) is 18.4 Å². The van der Waals surface area contributed by atoms with Gasteiger partial charge in [-0.05, 0) is 32.9 Å². The van der Waals surface area contributed by atoms with E-state index >= 15 is 0 Å². The molecule has 1 fully saturated rings. The summed E-state index contributed by atoms with van der Waals surface area (Å²) in [4.78, 5) is 18.8. The molecular formula is C18H22N2O3. The Morgan fingerprint density at radius 3 is 2.74 bits per heavy atom. The second kappa shape index (κ2) is 6.54. The van der Waals surface area contributed by atoms with Crippen molar-refractivity contribution in [3.8, 4) is 11.5 Å². The Morgan fingerprint density at radius 2 is 2.04 bits per heavy atom. The SMILES string of the molecule is Cc1ccc(-c2nc(CC(=O)N3CCOC(C)C3)c(C)o2)cc1. The Balaban J connectivity index is 1.73. The van der Waals surface area contributed by atoms with Gasteiger partial charge < -0.3 is 14.1 Å². The lowest BCUT2D eigenvalue weighted by atomic mass is 10.1. The molecule has 2 heterocycles. The van der Waals surface area contributed by atoms with Gasteiger partial charge in [0.2, 0.25) is 11.8 Å². The van der Waals surface area contributed by atoms with Crippen LogP contribution < -0.4 is 0 Å². The molecule has 23 heavy (non-hydrogen) atoms. The summed E-state index contributed by atoms with van der Waals surface area (Å²) in [6, 6.07) is 8.01. The molecule has 1 aliphatic rings. The number of carbonyl (C=O) groups excluding carboxylic acids is 1. The molecule has 0 spiro atoms. The van der Waals surface area contributed by atoms with Gasteiger partial charge in [0.25, 0.3) is 0 Å². The second-order valence-corrected chi connectivity index (χ2v) is 6.09. The van der Waals surface area contributed by atoms with Crippen LogP contribution in [0.4, 0.5) is 0 Å². The van der Waals surface area contributed by atoms with E-state index in [1.807, 2.05) is 49.9 Å². The first kappa shape index (κ1) is 15.7. The van der Waals surface area contributed by atoms with Crippen LogP contribution in [0.25, 0.3) is 11.5 Å². The van der Waals surface area contributed by atoms with Gasteiger partial charge in [0, 0.05) is 18.7 Å². The van der Waals surface area contributed by atoms with Crippen LogP contribution >= 0.6 is 0 Å². The highest BCUT2D eigenvalue weighted by Crippen LogP contribution is 2.23. The Hall–Kier alpha value is -2.14. The first-order chi connectivity index (χ1) is 11.0. The number of aromatic nitrogens is 1. The topological polar surface area (TPSA) is 55.6 Å². The van der Waals surface area contributed by atoms with Gasteiger partial charge in [-0.25, -0.2) is 4.98 Å². The van der Waals surface area contributed by atoms with E-state index in [4.69, 9.17) is 9.15 Å². The van der Waals surface area contributed by atoms with Gasteiger partial charge in [-0.15, -0.1) is 0 Å². The van der Waals surface area contributed by atoms with Gasteiger partial charge in [0.15, 0.2) is 0 Å². The van der Waals surface area contributed by atoms with Crippen molar-refractivity contribution in [2.45, 2.75) is 33.3 Å². The highest BCUT2D eigenvalue weighted by atomic mass is 16.5. The molecule has 2 aromatic rings. The number of benzene rings is 1. The Morgan fingerprint density at radius 1 is 1.30 bits per heavy atom. The van der Waals surface area contributed by atoms with Crippen LogP contribution in [-0.2, 0) is 16.0 Å². The van der Waals surface area contributed by atoms with Gasteiger partial charge >= 0.3 is 0 Å². The highest BCUT2D eigenvalue weighted by Gasteiger charge is 2.23. The molecule has 1 saturated heterocycles. The summed E-state index contributed by atoms with van der Waals surface area (Å²) in [5.41, 5.74) is 2.83. The van der Waals surface area contributed by atoms with Crippen LogP contribution in [0.15, 0.2) is 28.7 Å². The van der Waals surface area contributed by atoms with Crippen LogP contribution in [0.5, 0.6) is 0 Å². The largest absolute Gasteiger partial charge is 0.441 e. The molecule has 0 N–H and O–H groups in total. The summed E-state index contributed by atoms with van der Waals surface area (Å²) >= 11 is 0. The molecule has 1 aromatic heterocycles. The van der Waals surface area contributed by atoms with Crippen LogP contribution in [0.2, 0.25) is 0 Å². The van der Waals surface area contributed by atoms with Crippen molar-refractivity contribution in [1.82, 2.24) is 9.88 Å². The van der Waals surface area contributed by atoms with Gasteiger partial charge in [-0.2, -0.15) is 0 Å². The zero-order valence-electron chi connectivity index (χ0n) is 13.8. The van der Waals surface area contributed by atoms with Crippen molar-refractivity contribution >= 4 is 5.91 Å². The third kappa shape index (κ3) is 3.62. The maximum atomic E-state index is 12.4. The van der Waals surface area contributed by atoms with E-state index in [2.05, 4.69) is 4.98 Å². The smallest absolute Gasteiger partial charge is 0.228 e. The number of amides is 1. The summed E-state index contributed by atoms with van der Waals surface area (Å²) in [5.74, 6) is 1.35. The van der Waals surface area contributed by atoms with Crippen molar-refractivity contribution in [2.24, 2.45) is 0 Å². The summed E-state index contributed by atoms with van der Waals surface area (Å²) in [6.45, 7) is 7.76. The highest BCUT2D eigenvalue weighted by molar-refractivity contribution is 5.78. The van der Waals surface area contributed by atoms with Crippen LogP contribution in [0, 0.1) is 13.8 Å². The minimum atomic E-state index is 0.0759. The lowest BCUT2D eigenvalue weighted by molar-refractivity contribution is -0.137. The molecular weight excluding hydrogens is 292 g/mol. The normalized spacial score (nSPS) is 18.2. The summed E-state index contributed by atoms with van der Waals surface area (Å²) in [6.07, 6.45) is 0.364. The lowest BCUT2D eigenvalue weighted by Gasteiger charge is -2.31. The summed E-state index contributed by atoms with van der Waals surface area (Å²) in [5, 5.41) is 0. The Bertz CT molecular complexity index is 691. The van der Waals surface area contributed by atoms with Crippen molar-refractivity contribution in [1.29, 1.82) is 0 Å². The molecule has 1 aromatic carbocycles. The zero-order valence-corrected chi connectivity index (χ0v) is 13.8. The number of rotatable bonds is 3. The molecule has 5 nitrogen and oxygen atoms in total. The molecule has 1 atom stereocenters. The number of oxazole rings is 1. The fraction of sp³-hybridized carbons (Fsp3) is 0.444. The molecule has 1 amide bonds. The van der Waals surface area contributed by atoms with Crippen LogP contribution in [-0.4, -0.2) is 41.6 Å². The summed E-state index contributed by atoms with van der Waals surface area (Å²) < 4.78 is 11.2. The number of carbonyl (C=O) groups is 1. The molecule has 1 unspecified atom stereocenters. The third-order valence-electron chi connectivity index (χ3n) is 4.10. The molecule has 0 aliphatic carbocycles. The Labute approximate surface area is 136 Å². The van der Waals surface area contributed by atoms with Crippen molar-refractivity contribution in [2.75, 3.05) is 19.7 Å². The molecule has 122 valence electrons. The molecule has 5 heteroatoms. The van der Waals surface area contributed by atoms with E-state index in [9.17, 15) is 4.79 Å². The number of morpholine rings is 1. The van der Waals surface area contributed by atoms with E-state index in [1.165, 1.54) is 5.56 Å². The predicted octanol–water partition coefficient (Wildman–Crippen LogP) is 2.75.